The summed E-state index contributed by atoms with van der Waals surface area (Å²) >= 11 is 1.80. The van der Waals surface area contributed by atoms with Crippen LogP contribution in [-0.2, 0) is 0 Å². The molecule has 0 fully saturated rings. The number of benzene rings is 1. The number of amides is 1. The lowest BCUT2D eigenvalue weighted by Crippen LogP contribution is -2.39. The summed E-state index contributed by atoms with van der Waals surface area (Å²) in [6.45, 7) is 4.78. The normalized spacial score (nSPS) is 10.7. The second kappa shape index (κ2) is 8.76. The van der Waals surface area contributed by atoms with Crippen molar-refractivity contribution in [3.8, 4) is 11.8 Å². The SMILES string of the molecule is CCC(CC)(CNC(=O)c1cccc(C#CCO)c1)SC. The van der Waals surface area contributed by atoms with Gasteiger partial charge in [0, 0.05) is 22.4 Å². The third-order valence-electron chi connectivity index (χ3n) is 3.73. The van der Waals surface area contributed by atoms with Gasteiger partial charge in [0.15, 0.2) is 0 Å². The van der Waals surface area contributed by atoms with Crippen molar-refractivity contribution in [1.29, 1.82) is 0 Å². The van der Waals surface area contributed by atoms with E-state index in [1.165, 1.54) is 0 Å². The van der Waals surface area contributed by atoms with Crippen molar-refractivity contribution in [2.24, 2.45) is 0 Å². The molecule has 0 aromatic heterocycles. The molecule has 0 heterocycles. The van der Waals surface area contributed by atoms with Crippen LogP contribution in [0.4, 0.5) is 0 Å². The summed E-state index contributed by atoms with van der Waals surface area (Å²) < 4.78 is 0.101. The van der Waals surface area contributed by atoms with Crippen molar-refractivity contribution < 1.29 is 9.90 Å². The predicted octanol–water partition coefficient (Wildman–Crippen LogP) is 2.68. The topological polar surface area (TPSA) is 49.3 Å². The maximum atomic E-state index is 12.2. The molecule has 1 aromatic carbocycles. The van der Waals surface area contributed by atoms with Gasteiger partial charge >= 0.3 is 0 Å². The number of hydrogen-bond acceptors (Lipinski definition) is 3. The standard InChI is InChI=1S/C17H23NO2S/c1-4-17(5-2,21-3)13-18-16(20)15-10-6-8-14(12-15)9-7-11-19/h6,8,10,12,19H,4-5,11,13H2,1-3H3,(H,18,20). The monoisotopic (exact) mass is 305 g/mol. The molecule has 0 aliphatic rings. The zero-order valence-corrected chi connectivity index (χ0v) is 13.7. The smallest absolute Gasteiger partial charge is 0.251 e. The summed E-state index contributed by atoms with van der Waals surface area (Å²) in [5.41, 5.74) is 1.33. The Balaban J connectivity index is 2.76. The van der Waals surface area contributed by atoms with Crippen LogP contribution >= 0.6 is 11.8 Å². The zero-order valence-electron chi connectivity index (χ0n) is 12.9. The first kappa shape index (κ1) is 17.6. The number of aliphatic hydroxyl groups is 1. The first-order valence-corrected chi connectivity index (χ1v) is 8.36. The van der Waals surface area contributed by atoms with Crippen molar-refractivity contribution >= 4 is 17.7 Å². The van der Waals surface area contributed by atoms with Crippen molar-refractivity contribution in [3.63, 3.8) is 0 Å². The van der Waals surface area contributed by atoms with Crippen molar-refractivity contribution in [2.75, 3.05) is 19.4 Å². The van der Waals surface area contributed by atoms with Crippen LogP contribution in [0.25, 0.3) is 0 Å². The Morgan fingerprint density at radius 2 is 2.10 bits per heavy atom. The van der Waals surface area contributed by atoms with Gasteiger partial charge < -0.3 is 10.4 Å². The average Bonchev–Trinajstić information content (AvgIpc) is 2.54. The van der Waals surface area contributed by atoms with Crippen LogP contribution in [0.2, 0.25) is 0 Å². The summed E-state index contributed by atoms with van der Waals surface area (Å²) in [6, 6.07) is 7.15. The maximum Gasteiger partial charge on any atom is 0.251 e. The van der Waals surface area contributed by atoms with E-state index in [9.17, 15) is 4.79 Å². The lowest BCUT2D eigenvalue weighted by atomic mass is 10.0. The molecule has 0 saturated heterocycles. The van der Waals surface area contributed by atoms with Gasteiger partial charge in [-0.15, -0.1) is 0 Å². The quantitative estimate of drug-likeness (QED) is 0.795. The zero-order chi connectivity index (χ0) is 15.7. The summed E-state index contributed by atoms with van der Waals surface area (Å²) in [5.74, 6) is 5.32. The van der Waals surface area contributed by atoms with Gasteiger partial charge in [-0.2, -0.15) is 11.8 Å². The average molecular weight is 305 g/mol. The van der Waals surface area contributed by atoms with Crippen LogP contribution in [0.5, 0.6) is 0 Å². The van der Waals surface area contributed by atoms with Gasteiger partial charge in [0.1, 0.15) is 6.61 Å². The molecule has 3 nitrogen and oxygen atoms in total. The lowest BCUT2D eigenvalue weighted by molar-refractivity contribution is 0.0949. The minimum Gasteiger partial charge on any atom is -0.384 e. The van der Waals surface area contributed by atoms with Crippen LogP contribution in [0.1, 0.15) is 42.6 Å². The molecule has 0 atom stereocenters. The lowest BCUT2D eigenvalue weighted by Gasteiger charge is -2.29. The van der Waals surface area contributed by atoms with E-state index in [-0.39, 0.29) is 17.3 Å². The fourth-order valence-corrected chi connectivity index (χ4v) is 2.88. The molecule has 1 aromatic rings. The molecule has 0 bridgehead atoms. The molecule has 0 radical (unpaired) electrons. The number of aliphatic hydroxyl groups excluding tert-OH is 1. The Morgan fingerprint density at radius 1 is 1.38 bits per heavy atom. The van der Waals surface area contributed by atoms with E-state index in [2.05, 4.69) is 37.3 Å². The summed E-state index contributed by atoms with van der Waals surface area (Å²) in [4.78, 5) is 12.2. The number of rotatable bonds is 6. The molecule has 21 heavy (non-hydrogen) atoms. The maximum absolute atomic E-state index is 12.2. The van der Waals surface area contributed by atoms with Crippen LogP contribution in [0.3, 0.4) is 0 Å². The van der Waals surface area contributed by atoms with Gasteiger partial charge in [-0.3, -0.25) is 4.79 Å². The van der Waals surface area contributed by atoms with Crippen LogP contribution in [0.15, 0.2) is 24.3 Å². The minimum atomic E-state index is -0.181. The van der Waals surface area contributed by atoms with Gasteiger partial charge in [0.25, 0.3) is 5.91 Å². The van der Waals surface area contributed by atoms with E-state index in [0.717, 1.165) is 18.4 Å². The Labute approximate surface area is 131 Å². The Bertz CT molecular complexity index is 519. The molecule has 1 amide bonds. The third-order valence-corrected chi connectivity index (χ3v) is 5.32. The molecule has 2 N–H and O–H groups in total. The van der Waals surface area contributed by atoms with Gasteiger partial charge in [0.2, 0.25) is 0 Å². The summed E-state index contributed by atoms with van der Waals surface area (Å²) in [6.07, 6.45) is 4.13. The summed E-state index contributed by atoms with van der Waals surface area (Å²) in [5, 5.41) is 11.7. The van der Waals surface area contributed by atoms with E-state index in [1.54, 1.807) is 30.0 Å². The highest BCUT2D eigenvalue weighted by Gasteiger charge is 2.25. The van der Waals surface area contributed by atoms with Gasteiger partial charge in [-0.1, -0.05) is 31.8 Å². The van der Waals surface area contributed by atoms with Gasteiger partial charge in [-0.25, -0.2) is 0 Å². The molecular weight excluding hydrogens is 282 g/mol. The number of hydrogen-bond donors (Lipinski definition) is 2. The predicted molar refractivity (Wildman–Crippen MR) is 89.6 cm³/mol. The van der Waals surface area contributed by atoms with Crippen LogP contribution in [0, 0.1) is 11.8 Å². The molecule has 0 unspecified atom stereocenters. The fourth-order valence-electron chi connectivity index (χ4n) is 2.08. The minimum absolute atomic E-state index is 0.0806. The van der Waals surface area contributed by atoms with E-state index in [0.29, 0.717) is 12.1 Å². The van der Waals surface area contributed by atoms with E-state index < -0.39 is 0 Å². The Hall–Kier alpha value is -1.44. The highest BCUT2D eigenvalue weighted by molar-refractivity contribution is 8.00. The second-order valence-electron chi connectivity index (χ2n) is 4.82. The molecule has 1 rings (SSSR count). The molecule has 0 aliphatic carbocycles. The number of nitrogens with one attached hydrogen (secondary N) is 1. The Morgan fingerprint density at radius 3 is 2.67 bits per heavy atom. The van der Waals surface area contributed by atoms with Gasteiger partial charge in [0.05, 0.1) is 0 Å². The molecule has 114 valence electrons. The first-order chi connectivity index (χ1) is 10.1. The molecular formula is C17H23NO2S. The third kappa shape index (κ3) is 5.11. The number of thioether (sulfide) groups is 1. The van der Waals surface area contributed by atoms with Crippen LogP contribution in [-0.4, -0.2) is 35.2 Å². The molecule has 0 saturated carbocycles. The summed E-state index contributed by atoms with van der Waals surface area (Å²) in [7, 11) is 0. The van der Waals surface area contributed by atoms with Crippen molar-refractivity contribution in [3.05, 3.63) is 35.4 Å². The highest BCUT2D eigenvalue weighted by Crippen LogP contribution is 2.29. The van der Waals surface area contributed by atoms with E-state index in [1.807, 2.05) is 6.07 Å². The largest absolute Gasteiger partial charge is 0.384 e. The number of carbonyl (C=O) groups excluding carboxylic acids is 1. The Kier molecular flexibility index (Phi) is 7.35. The fraction of sp³-hybridized carbons (Fsp3) is 0.471. The molecule has 0 aliphatic heterocycles. The highest BCUT2D eigenvalue weighted by atomic mass is 32.2. The van der Waals surface area contributed by atoms with Gasteiger partial charge in [-0.05, 0) is 37.3 Å². The second-order valence-corrected chi connectivity index (χ2v) is 6.09. The number of carbonyl (C=O) groups is 1. The van der Waals surface area contributed by atoms with Crippen LogP contribution < -0.4 is 5.32 Å². The first-order valence-electron chi connectivity index (χ1n) is 7.14. The van der Waals surface area contributed by atoms with E-state index >= 15 is 0 Å². The van der Waals surface area contributed by atoms with E-state index in [4.69, 9.17) is 5.11 Å². The van der Waals surface area contributed by atoms with Crippen molar-refractivity contribution in [2.45, 2.75) is 31.4 Å². The molecule has 4 heteroatoms. The van der Waals surface area contributed by atoms with Crippen molar-refractivity contribution in [1.82, 2.24) is 5.32 Å². The molecule has 0 spiro atoms.